The van der Waals surface area contributed by atoms with Crippen LogP contribution >= 0.6 is 23.5 Å². The van der Waals surface area contributed by atoms with Crippen LogP contribution in [0, 0.1) is 69.2 Å². The minimum absolute atomic E-state index is 0.0826. The second-order valence-electron chi connectivity index (χ2n) is 9.48. The van der Waals surface area contributed by atoms with Crippen LogP contribution in [0.1, 0.15) is 86.0 Å². The van der Waals surface area contributed by atoms with E-state index in [1.165, 1.54) is 73.6 Å². The van der Waals surface area contributed by atoms with Crippen molar-refractivity contribution in [2.24, 2.45) is 0 Å². The van der Waals surface area contributed by atoms with Crippen molar-refractivity contribution >= 4 is 23.5 Å². The van der Waals surface area contributed by atoms with E-state index in [0.717, 1.165) is 0 Å². The Labute approximate surface area is 194 Å². The van der Waals surface area contributed by atoms with E-state index in [-0.39, 0.29) is 4.08 Å². The highest BCUT2D eigenvalue weighted by molar-refractivity contribution is 8.18. The van der Waals surface area contributed by atoms with Crippen molar-refractivity contribution < 1.29 is 0 Å². The van der Waals surface area contributed by atoms with Crippen LogP contribution in [0.3, 0.4) is 0 Å². The van der Waals surface area contributed by atoms with Gasteiger partial charge >= 0.3 is 0 Å². The molecule has 0 nitrogen and oxygen atoms in total. The molecule has 0 spiro atoms. The first-order valence-corrected chi connectivity index (χ1v) is 13.4. The Bertz CT molecular complexity index is 933. The molecule has 1 atom stereocenters. The van der Waals surface area contributed by atoms with Crippen LogP contribution in [0.4, 0.5) is 0 Å². The Morgan fingerprint density at radius 1 is 0.533 bits per heavy atom. The molecule has 1 fully saturated rings. The van der Waals surface area contributed by atoms with Gasteiger partial charge in [-0.1, -0.05) is 6.92 Å². The van der Waals surface area contributed by atoms with Gasteiger partial charge < -0.3 is 0 Å². The van der Waals surface area contributed by atoms with Gasteiger partial charge in [-0.3, -0.25) is 0 Å². The molecule has 0 aliphatic carbocycles. The molecule has 2 heteroatoms. The maximum Gasteiger partial charge on any atom is 0.0931 e. The zero-order chi connectivity index (χ0) is 22.5. The standard InChI is InChI=1S/C28H40S2/c1-15-17(3)21(7)26(22(8)18(15)4)25(11)28(29-13-12-14-30-28)27-23(9)19(5)16(2)20(6)24(27)10/h25H,12-14H2,1-11H3. The largest absolute Gasteiger partial charge is 0.139 e. The lowest BCUT2D eigenvalue weighted by Gasteiger charge is -2.45. The van der Waals surface area contributed by atoms with Crippen LogP contribution in [-0.2, 0) is 4.08 Å². The number of thioether (sulfide) groups is 2. The van der Waals surface area contributed by atoms with Gasteiger partial charge in [0, 0.05) is 5.92 Å². The summed E-state index contributed by atoms with van der Waals surface area (Å²) in [6.45, 7) is 25.9. The summed E-state index contributed by atoms with van der Waals surface area (Å²) in [4.78, 5) is 0. The predicted molar refractivity (Wildman–Crippen MR) is 140 cm³/mol. The Hall–Kier alpha value is -0.860. The van der Waals surface area contributed by atoms with E-state index in [1.807, 2.05) is 0 Å². The molecule has 2 aromatic rings. The lowest BCUT2D eigenvalue weighted by molar-refractivity contribution is 0.667. The average Bonchev–Trinajstić information content (AvgIpc) is 2.74. The number of rotatable bonds is 3. The van der Waals surface area contributed by atoms with E-state index in [4.69, 9.17) is 0 Å². The molecule has 30 heavy (non-hydrogen) atoms. The SMILES string of the molecule is Cc1c(C)c(C)c(C(C)C2(c3c(C)c(C)c(C)c(C)c3C)SCCCS2)c(C)c1C. The van der Waals surface area contributed by atoms with Gasteiger partial charge in [0.15, 0.2) is 0 Å². The van der Waals surface area contributed by atoms with Crippen LogP contribution in [-0.4, -0.2) is 11.5 Å². The normalized spacial score (nSPS) is 17.3. The number of benzene rings is 2. The summed E-state index contributed by atoms with van der Waals surface area (Å²) in [7, 11) is 0. The molecule has 0 saturated carbocycles. The van der Waals surface area contributed by atoms with E-state index in [0.29, 0.717) is 5.92 Å². The smallest absolute Gasteiger partial charge is 0.0931 e. The van der Waals surface area contributed by atoms with Gasteiger partial charge in [-0.15, -0.1) is 23.5 Å². The quantitative estimate of drug-likeness (QED) is 0.468. The average molecular weight is 441 g/mol. The second kappa shape index (κ2) is 8.58. The van der Waals surface area contributed by atoms with Crippen molar-refractivity contribution in [2.75, 3.05) is 11.5 Å². The van der Waals surface area contributed by atoms with Crippen molar-refractivity contribution in [1.82, 2.24) is 0 Å². The Morgan fingerprint density at radius 3 is 1.27 bits per heavy atom. The predicted octanol–water partition coefficient (Wildman–Crippen LogP) is 8.60. The summed E-state index contributed by atoms with van der Waals surface area (Å²) in [5.74, 6) is 2.97. The van der Waals surface area contributed by atoms with E-state index in [1.54, 1.807) is 11.1 Å². The van der Waals surface area contributed by atoms with Gasteiger partial charge in [-0.05, 0) is 154 Å². The van der Waals surface area contributed by atoms with Gasteiger partial charge in [-0.25, -0.2) is 0 Å². The second-order valence-corrected chi connectivity index (χ2v) is 12.4. The van der Waals surface area contributed by atoms with Gasteiger partial charge in [0.2, 0.25) is 0 Å². The van der Waals surface area contributed by atoms with Gasteiger partial charge in [0.05, 0.1) is 4.08 Å². The Balaban J connectivity index is 2.36. The third-order valence-corrected chi connectivity index (χ3v) is 12.0. The van der Waals surface area contributed by atoms with Crippen molar-refractivity contribution in [1.29, 1.82) is 0 Å². The van der Waals surface area contributed by atoms with Gasteiger partial charge in [0.25, 0.3) is 0 Å². The highest BCUT2D eigenvalue weighted by atomic mass is 32.2. The zero-order valence-corrected chi connectivity index (χ0v) is 22.6. The summed E-state index contributed by atoms with van der Waals surface area (Å²) >= 11 is 4.43. The molecule has 2 aromatic carbocycles. The third-order valence-electron chi connectivity index (χ3n) is 8.33. The Kier molecular flexibility index (Phi) is 6.81. The molecule has 0 radical (unpaired) electrons. The summed E-state index contributed by atoms with van der Waals surface area (Å²) in [6, 6.07) is 0. The molecule has 3 rings (SSSR count). The first-order valence-electron chi connectivity index (χ1n) is 11.4. The fourth-order valence-electron chi connectivity index (χ4n) is 5.55. The molecule has 1 heterocycles. The molecule has 1 unspecified atom stereocenters. The summed E-state index contributed by atoms with van der Waals surface area (Å²) in [6.07, 6.45) is 1.32. The number of hydrogen-bond acceptors (Lipinski definition) is 2. The van der Waals surface area contributed by atoms with Crippen molar-refractivity contribution in [3.05, 3.63) is 66.8 Å². The molecule has 1 aliphatic rings. The molecule has 0 amide bonds. The minimum Gasteiger partial charge on any atom is -0.139 e. The zero-order valence-electron chi connectivity index (χ0n) is 21.0. The first kappa shape index (κ1) is 23.8. The third kappa shape index (κ3) is 3.47. The lowest BCUT2D eigenvalue weighted by Crippen LogP contribution is -2.32. The van der Waals surface area contributed by atoms with Crippen molar-refractivity contribution in [3.63, 3.8) is 0 Å². The molecular weight excluding hydrogens is 400 g/mol. The summed E-state index contributed by atoms with van der Waals surface area (Å²) < 4.78 is 0.0826. The minimum atomic E-state index is 0.0826. The first-order chi connectivity index (χ1) is 14.0. The fourth-order valence-corrected chi connectivity index (χ4v) is 9.39. The molecule has 1 aliphatic heterocycles. The summed E-state index contributed by atoms with van der Waals surface area (Å²) in [5, 5.41) is 0. The van der Waals surface area contributed by atoms with Crippen LogP contribution in [0.2, 0.25) is 0 Å². The van der Waals surface area contributed by atoms with E-state index >= 15 is 0 Å². The van der Waals surface area contributed by atoms with Crippen LogP contribution < -0.4 is 0 Å². The van der Waals surface area contributed by atoms with Crippen molar-refractivity contribution in [2.45, 2.75) is 92.6 Å². The molecular formula is C28H40S2. The summed E-state index contributed by atoms with van der Waals surface area (Å²) in [5.41, 5.74) is 18.1. The highest BCUT2D eigenvalue weighted by Crippen LogP contribution is 2.61. The maximum absolute atomic E-state index is 2.51. The molecule has 164 valence electrons. The van der Waals surface area contributed by atoms with E-state index in [2.05, 4.69) is 99.7 Å². The highest BCUT2D eigenvalue weighted by Gasteiger charge is 2.45. The van der Waals surface area contributed by atoms with E-state index < -0.39 is 0 Å². The van der Waals surface area contributed by atoms with Gasteiger partial charge in [0.1, 0.15) is 0 Å². The molecule has 0 aromatic heterocycles. The maximum atomic E-state index is 2.51. The monoisotopic (exact) mass is 440 g/mol. The molecule has 1 saturated heterocycles. The topological polar surface area (TPSA) is 0 Å². The van der Waals surface area contributed by atoms with Gasteiger partial charge in [-0.2, -0.15) is 0 Å². The van der Waals surface area contributed by atoms with Crippen LogP contribution in [0.5, 0.6) is 0 Å². The lowest BCUT2D eigenvalue weighted by atomic mass is 9.78. The van der Waals surface area contributed by atoms with Crippen molar-refractivity contribution in [3.8, 4) is 0 Å². The van der Waals surface area contributed by atoms with E-state index in [9.17, 15) is 0 Å². The molecule has 0 N–H and O–H groups in total. The van der Waals surface area contributed by atoms with Crippen LogP contribution in [0.25, 0.3) is 0 Å². The fraction of sp³-hybridized carbons (Fsp3) is 0.571. The Morgan fingerprint density at radius 2 is 0.867 bits per heavy atom. The molecule has 0 bridgehead atoms. The van der Waals surface area contributed by atoms with Crippen LogP contribution in [0.15, 0.2) is 0 Å². The number of hydrogen-bond donors (Lipinski definition) is 0.